The molecule has 0 saturated carbocycles. The molecule has 0 aliphatic rings. The Labute approximate surface area is 53.4 Å². The molecule has 0 aromatic carbocycles. The average molecular weight is 405 g/mol. The van der Waals surface area contributed by atoms with Crippen LogP contribution in [0.25, 0.3) is 0 Å². The van der Waals surface area contributed by atoms with E-state index in [0.29, 0.717) is 0 Å². The van der Waals surface area contributed by atoms with E-state index in [-0.39, 0.29) is 53.4 Å². The van der Waals surface area contributed by atoms with Crippen molar-refractivity contribution in [3.05, 3.63) is 0 Å². The minimum atomic E-state index is 0. The first kappa shape index (κ1) is 57.5. The van der Waals surface area contributed by atoms with Crippen LogP contribution in [0.15, 0.2) is 0 Å². The van der Waals surface area contributed by atoms with Gasteiger partial charge in [-0.3, -0.25) is 0 Å². The summed E-state index contributed by atoms with van der Waals surface area (Å²) < 4.78 is 0. The van der Waals surface area contributed by atoms with Gasteiger partial charge in [-0.25, -0.2) is 0 Å². The molecule has 0 atom stereocenters. The van der Waals surface area contributed by atoms with Crippen LogP contribution in [-0.4, -0.2) is 0 Å². The third kappa shape index (κ3) is 10.3. The largest absolute Gasteiger partial charge is 4.00 e. The van der Waals surface area contributed by atoms with E-state index in [1.54, 1.807) is 0 Å². The maximum Gasteiger partial charge on any atom is 4.00 e. The number of hydrogen-bond acceptors (Lipinski definition) is 0. The summed E-state index contributed by atoms with van der Waals surface area (Å²) in [5, 5.41) is 0. The van der Waals surface area contributed by atoms with Gasteiger partial charge in [0.25, 0.3) is 0 Å². The zero-order chi connectivity index (χ0) is 0. The van der Waals surface area contributed by atoms with Gasteiger partial charge in [-0.15, -0.1) is 0 Å². The Hall–Kier alpha value is 1.31. The third-order valence-corrected chi connectivity index (χ3v) is 0. The molecule has 0 aromatic rings. The Bertz CT molecular complexity index is 6.00. The average Bonchev–Trinajstić information content (AvgIpc) is 0. The van der Waals surface area contributed by atoms with Crippen LogP contribution in [0.4, 0.5) is 0 Å². The molecule has 0 saturated heterocycles. The smallest absolute Gasteiger partial charge is 2.00 e. The maximum absolute atomic E-state index is 0. The van der Waals surface area contributed by atoms with Crippen molar-refractivity contribution in [2.45, 2.75) is 0 Å². The van der Waals surface area contributed by atoms with Gasteiger partial charge < -0.3 is 11.0 Å². The molecule has 2 nitrogen and oxygen atoms in total. The fourth-order valence-electron chi connectivity index (χ4n) is 0. The summed E-state index contributed by atoms with van der Waals surface area (Å²) >= 11 is 0. The molecule has 0 N–H and O–H groups in total. The fourth-order valence-corrected chi connectivity index (χ4v) is 0. The SMILES string of the molecule is [Ir+4].[O-2].[O-2].[Ta]. The quantitative estimate of drug-likeness (QED) is 0.535. The Morgan fingerprint density at radius 1 is 0.750 bits per heavy atom. The van der Waals surface area contributed by atoms with Crippen molar-refractivity contribution >= 4 is 0 Å². The van der Waals surface area contributed by atoms with Gasteiger partial charge in [0, 0.05) is 22.4 Å². The standard InChI is InChI=1S/Ir.2O.Ta/q+4;2*-2;. The van der Waals surface area contributed by atoms with E-state index < -0.39 is 0 Å². The molecule has 0 unspecified atom stereocenters. The Morgan fingerprint density at radius 3 is 0.750 bits per heavy atom. The van der Waals surface area contributed by atoms with Crippen molar-refractivity contribution in [3.8, 4) is 0 Å². The van der Waals surface area contributed by atoms with Crippen LogP contribution in [0, 0.1) is 0 Å². The topological polar surface area (TPSA) is 57.0 Å². The van der Waals surface area contributed by atoms with E-state index in [4.69, 9.17) is 0 Å². The van der Waals surface area contributed by atoms with Crippen molar-refractivity contribution in [2.75, 3.05) is 0 Å². The van der Waals surface area contributed by atoms with Gasteiger partial charge in [0.05, 0.1) is 0 Å². The zero-order valence-corrected chi connectivity index (χ0v) is 7.21. The van der Waals surface area contributed by atoms with Crippen LogP contribution in [0.3, 0.4) is 0 Å². The number of hydrogen-bond donors (Lipinski definition) is 0. The second-order valence-corrected chi connectivity index (χ2v) is 0. The summed E-state index contributed by atoms with van der Waals surface area (Å²) in [7, 11) is 0. The van der Waals surface area contributed by atoms with Crippen molar-refractivity contribution in [1.82, 2.24) is 0 Å². The fraction of sp³-hybridized carbons (Fsp3) is 0. The van der Waals surface area contributed by atoms with Gasteiger partial charge in [0.2, 0.25) is 0 Å². The second kappa shape index (κ2) is 27.5. The van der Waals surface area contributed by atoms with E-state index in [1.165, 1.54) is 0 Å². The number of rotatable bonds is 0. The van der Waals surface area contributed by atoms with Crippen molar-refractivity contribution < 1.29 is 53.4 Å². The van der Waals surface area contributed by atoms with Crippen LogP contribution in [0.2, 0.25) is 0 Å². The van der Waals surface area contributed by atoms with Gasteiger partial charge in [-0.2, -0.15) is 0 Å². The van der Waals surface area contributed by atoms with E-state index in [1.807, 2.05) is 0 Å². The van der Waals surface area contributed by atoms with E-state index in [0.717, 1.165) is 0 Å². The minimum absolute atomic E-state index is 0. The molecule has 0 aliphatic carbocycles. The van der Waals surface area contributed by atoms with E-state index in [2.05, 4.69) is 0 Å². The molecule has 0 aromatic heterocycles. The Kier molecular flexibility index (Phi) is 396. The first-order valence-electron chi connectivity index (χ1n) is 0. The molecular weight excluding hydrogens is 405 g/mol. The first-order valence-corrected chi connectivity index (χ1v) is 0. The predicted octanol–water partition coefficient (Wildman–Crippen LogP) is -0.243. The molecule has 0 spiro atoms. The van der Waals surface area contributed by atoms with Crippen LogP contribution in [0.1, 0.15) is 0 Å². The van der Waals surface area contributed by atoms with E-state index >= 15 is 0 Å². The molecule has 0 amide bonds. The molecule has 0 heterocycles. The minimum Gasteiger partial charge on any atom is -2.00 e. The molecule has 0 aliphatic heterocycles. The molecule has 0 rings (SSSR count). The van der Waals surface area contributed by atoms with Crippen LogP contribution < -0.4 is 0 Å². The molecule has 0 fully saturated rings. The Balaban J connectivity index is 0. The predicted molar refractivity (Wildman–Crippen MR) is 1.37 cm³/mol. The molecule has 0 bridgehead atoms. The molecule has 2 radical (unpaired) electrons. The normalized spacial score (nSPS) is 0. The molecular formula is IrO2Ta. The van der Waals surface area contributed by atoms with Gasteiger partial charge in [-0.1, -0.05) is 0 Å². The van der Waals surface area contributed by atoms with Crippen LogP contribution in [0.5, 0.6) is 0 Å². The molecule has 26 valence electrons. The molecule has 4 heteroatoms. The Morgan fingerprint density at radius 2 is 0.750 bits per heavy atom. The van der Waals surface area contributed by atoms with Crippen LogP contribution in [-0.2, 0) is 53.4 Å². The summed E-state index contributed by atoms with van der Waals surface area (Å²) in [6, 6.07) is 0. The third-order valence-electron chi connectivity index (χ3n) is 0. The van der Waals surface area contributed by atoms with Crippen molar-refractivity contribution in [1.29, 1.82) is 0 Å². The van der Waals surface area contributed by atoms with Gasteiger partial charge >= 0.3 is 20.1 Å². The summed E-state index contributed by atoms with van der Waals surface area (Å²) in [5.74, 6) is 0. The van der Waals surface area contributed by atoms with Crippen molar-refractivity contribution in [3.63, 3.8) is 0 Å². The maximum atomic E-state index is 0. The van der Waals surface area contributed by atoms with Gasteiger partial charge in [-0.05, 0) is 0 Å². The second-order valence-electron chi connectivity index (χ2n) is 0. The monoisotopic (exact) mass is 406 g/mol. The van der Waals surface area contributed by atoms with Gasteiger partial charge in [0.15, 0.2) is 0 Å². The summed E-state index contributed by atoms with van der Waals surface area (Å²) in [6.07, 6.45) is 0. The summed E-state index contributed by atoms with van der Waals surface area (Å²) in [5.41, 5.74) is 0. The molecule has 4 heavy (non-hydrogen) atoms. The first-order chi connectivity index (χ1) is 0. The van der Waals surface area contributed by atoms with Crippen LogP contribution >= 0.6 is 0 Å². The zero-order valence-electron chi connectivity index (χ0n) is 1.60. The van der Waals surface area contributed by atoms with Gasteiger partial charge in [0.1, 0.15) is 0 Å². The van der Waals surface area contributed by atoms with E-state index in [9.17, 15) is 0 Å². The summed E-state index contributed by atoms with van der Waals surface area (Å²) in [6.45, 7) is 0. The van der Waals surface area contributed by atoms with Crippen molar-refractivity contribution in [2.24, 2.45) is 0 Å². The summed E-state index contributed by atoms with van der Waals surface area (Å²) in [4.78, 5) is 0.